The third kappa shape index (κ3) is 5.76. The van der Waals surface area contributed by atoms with E-state index >= 15 is 0 Å². The molecule has 0 unspecified atom stereocenters. The minimum absolute atomic E-state index is 0.0878. The van der Waals surface area contributed by atoms with Crippen molar-refractivity contribution in [3.8, 4) is 5.75 Å². The van der Waals surface area contributed by atoms with Crippen molar-refractivity contribution in [1.29, 1.82) is 0 Å². The summed E-state index contributed by atoms with van der Waals surface area (Å²) >= 11 is 0. The molecule has 2 aromatic heterocycles. The van der Waals surface area contributed by atoms with Crippen molar-refractivity contribution in [1.82, 2.24) is 24.9 Å². The second kappa shape index (κ2) is 9.84. The quantitative estimate of drug-likeness (QED) is 0.510. The largest absolute Gasteiger partial charge is 0.496 e. The molecule has 12 heteroatoms. The highest BCUT2D eigenvalue weighted by Crippen LogP contribution is 2.27. The maximum absolute atomic E-state index is 12.9. The van der Waals surface area contributed by atoms with Crippen LogP contribution in [-0.2, 0) is 33.5 Å². The van der Waals surface area contributed by atoms with Crippen LogP contribution in [0.4, 0.5) is 13.2 Å². The van der Waals surface area contributed by atoms with Gasteiger partial charge in [-0.1, -0.05) is 18.2 Å². The van der Waals surface area contributed by atoms with Crippen molar-refractivity contribution < 1.29 is 32.2 Å². The number of esters is 1. The molecule has 33 heavy (non-hydrogen) atoms. The molecule has 1 aromatic carbocycles. The number of hydrogen-bond donors (Lipinski definition) is 1. The molecule has 0 spiro atoms. The van der Waals surface area contributed by atoms with E-state index in [4.69, 9.17) is 9.47 Å². The maximum atomic E-state index is 12.9. The number of amides is 1. The molecule has 176 valence electrons. The highest BCUT2D eigenvalue weighted by molar-refractivity contribution is 5.80. The lowest BCUT2D eigenvalue weighted by molar-refractivity contribution is -0.148. The van der Waals surface area contributed by atoms with Crippen LogP contribution in [0.1, 0.15) is 34.8 Å². The van der Waals surface area contributed by atoms with Gasteiger partial charge in [-0.2, -0.15) is 18.2 Å². The van der Waals surface area contributed by atoms with Crippen molar-refractivity contribution in [3.05, 3.63) is 52.6 Å². The highest BCUT2D eigenvalue weighted by Gasteiger charge is 2.37. The van der Waals surface area contributed by atoms with Crippen molar-refractivity contribution in [3.63, 3.8) is 0 Å². The van der Waals surface area contributed by atoms with Crippen molar-refractivity contribution in [2.45, 2.75) is 39.4 Å². The van der Waals surface area contributed by atoms with Crippen LogP contribution in [0.5, 0.6) is 5.75 Å². The molecule has 0 radical (unpaired) electrons. The molecule has 0 fully saturated rings. The summed E-state index contributed by atoms with van der Waals surface area (Å²) in [4.78, 5) is 31.5. The number of hydrogen-bond acceptors (Lipinski definition) is 7. The Hall–Kier alpha value is -3.70. The number of benzene rings is 1. The van der Waals surface area contributed by atoms with E-state index < -0.39 is 30.5 Å². The van der Waals surface area contributed by atoms with Crippen LogP contribution in [-0.4, -0.2) is 45.2 Å². The molecule has 0 bridgehead atoms. The number of para-hydroxylation sites is 1. The van der Waals surface area contributed by atoms with E-state index in [1.807, 2.05) is 6.07 Å². The lowest BCUT2D eigenvalue weighted by atomic mass is 10.1. The fourth-order valence-corrected chi connectivity index (χ4v) is 3.23. The van der Waals surface area contributed by atoms with Crippen LogP contribution >= 0.6 is 0 Å². The number of aryl methyl sites for hydroxylation is 2. The minimum Gasteiger partial charge on any atom is -0.496 e. The molecule has 0 aliphatic rings. The van der Waals surface area contributed by atoms with Gasteiger partial charge in [0.05, 0.1) is 7.11 Å². The van der Waals surface area contributed by atoms with Crippen molar-refractivity contribution >= 4 is 17.7 Å². The Balaban J connectivity index is 1.54. The van der Waals surface area contributed by atoms with Gasteiger partial charge in [0, 0.05) is 29.9 Å². The zero-order valence-electron chi connectivity index (χ0n) is 18.2. The molecule has 0 saturated heterocycles. The summed E-state index contributed by atoms with van der Waals surface area (Å²) in [6.45, 7) is 2.94. The van der Waals surface area contributed by atoms with Crippen LogP contribution in [0, 0.1) is 13.8 Å². The average Bonchev–Trinajstić information content (AvgIpc) is 3.21. The molecule has 0 aliphatic carbocycles. The van der Waals surface area contributed by atoms with Gasteiger partial charge in [0.1, 0.15) is 5.75 Å². The van der Waals surface area contributed by atoms with Gasteiger partial charge in [0.25, 0.3) is 17.5 Å². The third-order valence-electron chi connectivity index (χ3n) is 4.91. The Kier molecular flexibility index (Phi) is 7.14. The summed E-state index contributed by atoms with van der Waals surface area (Å²) in [5.74, 6) is -1.94. The van der Waals surface area contributed by atoms with Gasteiger partial charge < -0.3 is 14.8 Å². The summed E-state index contributed by atoms with van der Waals surface area (Å²) in [6, 6.07) is 7.18. The lowest BCUT2D eigenvalue weighted by Crippen LogP contribution is -2.28. The highest BCUT2D eigenvalue weighted by atomic mass is 19.4. The normalized spacial score (nSPS) is 11.5. The predicted octanol–water partition coefficient (Wildman–Crippen LogP) is 2.56. The number of nitrogens with one attached hydrogen (secondary N) is 1. The maximum Gasteiger partial charge on any atom is 0.453 e. The van der Waals surface area contributed by atoms with Gasteiger partial charge in [-0.25, -0.2) is 9.50 Å². The van der Waals surface area contributed by atoms with Gasteiger partial charge in [0.2, 0.25) is 0 Å². The first-order chi connectivity index (χ1) is 15.6. The summed E-state index contributed by atoms with van der Waals surface area (Å²) in [6.07, 6.45) is -4.62. The third-order valence-corrected chi connectivity index (χ3v) is 4.91. The predicted molar refractivity (Wildman–Crippen MR) is 109 cm³/mol. The fourth-order valence-electron chi connectivity index (χ4n) is 3.23. The molecule has 3 rings (SSSR count). The van der Waals surface area contributed by atoms with Crippen LogP contribution < -0.4 is 10.1 Å². The summed E-state index contributed by atoms with van der Waals surface area (Å²) in [7, 11) is 1.53. The number of methoxy groups -OCH3 is 1. The molecule has 1 N–H and O–H groups in total. The van der Waals surface area contributed by atoms with E-state index in [9.17, 15) is 22.8 Å². The number of alkyl halides is 3. The SMILES string of the molecule is COc1ccccc1CNC(=O)COC(=O)CCc1c(C)nc2nc(C(F)(F)F)nn2c1C. The Morgan fingerprint density at radius 3 is 2.58 bits per heavy atom. The first kappa shape index (κ1) is 24.0. The van der Waals surface area contributed by atoms with Crippen molar-refractivity contribution in [2.75, 3.05) is 13.7 Å². The zero-order valence-corrected chi connectivity index (χ0v) is 18.2. The Morgan fingerprint density at radius 2 is 1.88 bits per heavy atom. The Bertz CT molecular complexity index is 1180. The van der Waals surface area contributed by atoms with Gasteiger partial charge in [0.15, 0.2) is 6.61 Å². The number of carbonyl (C=O) groups excluding carboxylic acids is 2. The fraction of sp³-hybridized carbons (Fsp3) is 0.381. The second-order valence-electron chi connectivity index (χ2n) is 7.16. The molecule has 2 heterocycles. The van der Waals surface area contributed by atoms with E-state index in [0.29, 0.717) is 22.7 Å². The van der Waals surface area contributed by atoms with Gasteiger partial charge >= 0.3 is 12.1 Å². The molecule has 9 nitrogen and oxygen atoms in total. The zero-order chi connectivity index (χ0) is 24.2. The van der Waals surface area contributed by atoms with Crippen LogP contribution in [0.2, 0.25) is 0 Å². The van der Waals surface area contributed by atoms with Crippen LogP contribution in [0.25, 0.3) is 5.78 Å². The summed E-state index contributed by atoms with van der Waals surface area (Å²) in [5, 5.41) is 6.11. The summed E-state index contributed by atoms with van der Waals surface area (Å²) < 4.78 is 49.9. The smallest absolute Gasteiger partial charge is 0.453 e. The first-order valence-corrected chi connectivity index (χ1v) is 9.94. The number of carbonyl (C=O) groups is 2. The Labute approximate surface area is 186 Å². The monoisotopic (exact) mass is 465 g/mol. The van der Waals surface area contributed by atoms with E-state index in [2.05, 4.69) is 20.4 Å². The molecule has 1 amide bonds. The number of ether oxygens (including phenoxy) is 2. The number of rotatable bonds is 8. The van der Waals surface area contributed by atoms with E-state index in [-0.39, 0.29) is 25.2 Å². The first-order valence-electron chi connectivity index (χ1n) is 9.94. The lowest BCUT2D eigenvalue weighted by Gasteiger charge is -2.11. The van der Waals surface area contributed by atoms with Gasteiger partial charge in [-0.3, -0.25) is 9.59 Å². The molecule has 0 atom stereocenters. The molecular weight excluding hydrogens is 443 g/mol. The Morgan fingerprint density at radius 1 is 1.15 bits per heavy atom. The second-order valence-corrected chi connectivity index (χ2v) is 7.16. The van der Waals surface area contributed by atoms with E-state index in [1.54, 1.807) is 32.0 Å². The molecular formula is C21H22F3N5O4. The number of nitrogens with zero attached hydrogens (tertiary/aromatic N) is 4. The van der Waals surface area contributed by atoms with E-state index in [0.717, 1.165) is 10.1 Å². The van der Waals surface area contributed by atoms with Crippen molar-refractivity contribution in [2.24, 2.45) is 0 Å². The van der Waals surface area contributed by atoms with Crippen LogP contribution in [0.3, 0.4) is 0 Å². The number of aromatic nitrogens is 4. The van der Waals surface area contributed by atoms with Gasteiger partial charge in [-0.05, 0) is 31.9 Å². The van der Waals surface area contributed by atoms with E-state index in [1.165, 1.54) is 7.11 Å². The minimum atomic E-state index is -4.69. The number of fused-ring (bicyclic) bond motifs is 1. The average molecular weight is 465 g/mol. The molecule has 0 saturated carbocycles. The summed E-state index contributed by atoms with van der Waals surface area (Å²) in [5.41, 5.74) is 2.15. The number of halogens is 3. The van der Waals surface area contributed by atoms with Crippen LogP contribution in [0.15, 0.2) is 24.3 Å². The topological polar surface area (TPSA) is 108 Å². The molecule has 3 aromatic rings. The standard InChI is InChI=1S/C21H22F3N5O4/c1-12-15(13(2)29-20(26-12)27-19(28-29)21(22,23)24)8-9-18(31)33-11-17(30)25-10-14-6-4-5-7-16(14)32-3/h4-7H,8-11H2,1-3H3,(H,25,30). The van der Waals surface area contributed by atoms with Gasteiger partial charge in [-0.15, -0.1) is 5.10 Å². The molecule has 0 aliphatic heterocycles.